The third-order valence-corrected chi connectivity index (χ3v) is 2.47. The molecule has 0 saturated carbocycles. The van der Waals surface area contributed by atoms with Crippen LogP contribution in [-0.4, -0.2) is 25.5 Å². The SMILES string of the molecule is CC(N)Cc1ccc(C=O)c2c1OCCO2. The maximum atomic E-state index is 10.9. The Bertz CT molecular complexity index is 401. The van der Waals surface area contributed by atoms with Crippen LogP contribution in [0.15, 0.2) is 12.1 Å². The molecule has 1 heterocycles. The van der Waals surface area contributed by atoms with Gasteiger partial charge in [0.1, 0.15) is 13.2 Å². The average Bonchev–Trinajstić information content (AvgIpc) is 2.29. The van der Waals surface area contributed by atoms with E-state index in [0.717, 1.165) is 11.8 Å². The molecule has 86 valence electrons. The fourth-order valence-electron chi connectivity index (χ4n) is 1.81. The molecule has 1 atom stereocenters. The van der Waals surface area contributed by atoms with Crippen molar-refractivity contribution in [2.24, 2.45) is 5.73 Å². The minimum Gasteiger partial charge on any atom is -0.486 e. The zero-order valence-corrected chi connectivity index (χ0v) is 9.23. The smallest absolute Gasteiger partial charge is 0.172 e. The molecule has 2 rings (SSSR count). The Morgan fingerprint density at radius 2 is 2.06 bits per heavy atom. The average molecular weight is 221 g/mol. The Morgan fingerprint density at radius 3 is 2.69 bits per heavy atom. The summed E-state index contributed by atoms with van der Waals surface area (Å²) in [5.41, 5.74) is 7.29. The van der Waals surface area contributed by atoms with Crippen molar-refractivity contribution in [3.63, 3.8) is 0 Å². The van der Waals surface area contributed by atoms with Crippen molar-refractivity contribution >= 4 is 6.29 Å². The fraction of sp³-hybridized carbons (Fsp3) is 0.417. The molecule has 0 amide bonds. The third kappa shape index (κ3) is 2.02. The van der Waals surface area contributed by atoms with Gasteiger partial charge in [0.05, 0.1) is 5.56 Å². The van der Waals surface area contributed by atoms with E-state index in [9.17, 15) is 4.79 Å². The summed E-state index contributed by atoms with van der Waals surface area (Å²) in [7, 11) is 0. The molecule has 0 bridgehead atoms. The monoisotopic (exact) mass is 221 g/mol. The summed E-state index contributed by atoms with van der Waals surface area (Å²) in [4.78, 5) is 10.9. The van der Waals surface area contributed by atoms with Crippen LogP contribution in [0.5, 0.6) is 11.5 Å². The number of hydrogen-bond acceptors (Lipinski definition) is 4. The molecule has 1 aromatic carbocycles. The number of nitrogens with two attached hydrogens (primary N) is 1. The van der Waals surface area contributed by atoms with Gasteiger partial charge in [-0.2, -0.15) is 0 Å². The van der Waals surface area contributed by atoms with E-state index < -0.39 is 0 Å². The van der Waals surface area contributed by atoms with Gasteiger partial charge in [0.2, 0.25) is 0 Å². The fourth-order valence-corrected chi connectivity index (χ4v) is 1.81. The van der Waals surface area contributed by atoms with Crippen molar-refractivity contribution in [1.82, 2.24) is 0 Å². The molecule has 0 aliphatic carbocycles. The molecule has 4 nitrogen and oxygen atoms in total. The van der Waals surface area contributed by atoms with Gasteiger partial charge in [0.25, 0.3) is 0 Å². The molecule has 0 spiro atoms. The largest absolute Gasteiger partial charge is 0.486 e. The number of benzene rings is 1. The Kier molecular flexibility index (Phi) is 3.10. The van der Waals surface area contributed by atoms with E-state index in [1.54, 1.807) is 6.07 Å². The number of ether oxygens (including phenoxy) is 2. The number of fused-ring (bicyclic) bond motifs is 1. The quantitative estimate of drug-likeness (QED) is 0.778. The molecule has 0 radical (unpaired) electrons. The van der Waals surface area contributed by atoms with Crippen molar-refractivity contribution in [2.75, 3.05) is 13.2 Å². The molecule has 2 N–H and O–H groups in total. The highest BCUT2D eigenvalue weighted by atomic mass is 16.6. The highest BCUT2D eigenvalue weighted by Gasteiger charge is 2.20. The lowest BCUT2D eigenvalue weighted by atomic mass is 10.0. The predicted molar refractivity (Wildman–Crippen MR) is 60.2 cm³/mol. The van der Waals surface area contributed by atoms with Crippen molar-refractivity contribution in [3.05, 3.63) is 23.3 Å². The van der Waals surface area contributed by atoms with E-state index in [-0.39, 0.29) is 6.04 Å². The first-order valence-electron chi connectivity index (χ1n) is 5.34. The topological polar surface area (TPSA) is 61.6 Å². The zero-order valence-electron chi connectivity index (χ0n) is 9.23. The summed E-state index contributed by atoms with van der Waals surface area (Å²) in [5.74, 6) is 1.23. The van der Waals surface area contributed by atoms with Crippen molar-refractivity contribution in [1.29, 1.82) is 0 Å². The van der Waals surface area contributed by atoms with Crippen LogP contribution in [-0.2, 0) is 6.42 Å². The Hall–Kier alpha value is -1.55. The van der Waals surface area contributed by atoms with Crippen LogP contribution in [0.2, 0.25) is 0 Å². The van der Waals surface area contributed by atoms with Gasteiger partial charge in [-0.25, -0.2) is 0 Å². The van der Waals surface area contributed by atoms with Crippen molar-refractivity contribution in [3.8, 4) is 11.5 Å². The first-order chi connectivity index (χ1) is 7.72. The molecule has 16 heavy (non-hydrogen) atoms. The van der Waals surface area contributed by atoms with Gasteiger partial charge in [0, 0.05) is 6.04 Å². The molecule has 1 aliphatic heterocycles. The van der Waals surface area contributed by atoms with Gasteiger partial charge in [-0.15, -0.1) is 0 Å². The van der Waals surface area contributed by atoms with Crippen LogP contribution in [0.1, 0.15) is 22.8 Å². The van der Waals surface area contributed by atoms with Gasteiger partial charge in [-0.05, 0) is 25.0 Å². The minimum atomic E-state index is 0.0525. The Morgan fingerprint density at radius 1 is 1.38 bits per heavy atom. The second-order valence-corrected chi connectivity index (χ2v) is 3.97. The standard InChI is InChI=1S/C12H15NO3/c1-8(13)6-9-2-3-10(7-14)12-11(9)15-4-5-16-12/h2-3,7-8H,4-6,13H2,1H3. The van der Waals surface area contributed by atoms with Crippen LogP contribution in [0.3, 0.4) is 0 Å². The van der Waals surface area contributed by atoms with Crippen LogP contribution < -0.4 is 15.2 Å². The van der Waals surface area contributed by atoms with E-state index >= 15 is 0 Å². The number of rotatable bonds is 3. The van der Waals surface area contributed by atoms with Gasteiger partial charge in [-0.3, -0.25) is 4.79 Å². The number of hydrogen-bond donors (Lipinski definition) is 1. The van der Waals surface area contributed by atoms with Gasteiger partial charge in [-0.1, -0.05) is 6.07 Å². The Labute approximate surface area is 94.3 Å². The van der Waals surface area contributed by atoms with Gasteiger partial charge >= 0.3 is 0 Å². The molecule has 1 aromatic rings. The van der Waals surface area contributed by atoms with E-state index in [1.165, 1.54) is 0 Å². The first kappa shape index (κ1) is 11.0. The highest BCUT2D eigenvalue weighted by Crippen LogP contribution is 2.37. The van der Waals surface area contributed by atoms with E-state index in [1.807, 2.05) is 13.0 Å². The zero-order chi connectivity index (χ0) is 11.5. The van der Waals surface area contributed by atoms with Crippen LogP contribution in [0.4, 0.5) is 0 Å². The molecule has 4 heteroatoms. The third-order valence-electron chi connectivity index (χ3n) is 2.47. The summed E-state index contributed by atoms with van der Waals surface area (Å²) < 4.78 is 11.0. The number of aldehydes is 1. The van der Waals surface area contributed by atoms with Crippen LogP contribution >= 0.6 is 0 Å². The van der Waals surface area contributed by atoms with Crippen LogP contribution in [0.25, 0.3) is 0 Å². The molecule has 1 aliphatic rings. The number of carbonyl (C=O) groups excluding carboxylic acids is 1. The van der Waals surface area contributed by atoms with Gasteiger partial charge < -0.3 is 15.2 Å². The maximum absolute atomic E-state index is 10.9. The molecule has 0 fully saturated rings. The first-order valence-corrected chi connectivity index (χ1v) is 5.34. The minimum absolute atomic E-state index is 0.0525. The normalized spacial score (nSPS) is 15.6. The van der Waals surface area contributed by atoms with Crippen LogP contribution in [0, 0.1) is 0 Å². The van der Waals surface area contributed by atoms with Gasteiger partial charge in [0.15, 0.2) is 17.8 Å². The summed E-state index contributed by atoms with van der Waals surface area (Å²) in [6.07, 6.45) is 1.49. The molecular formula is C12H15NO3. The van der Waals surface area contributed by atoms with E-state index in [2.05, 4.69) is 0 Å². The van der Waals surface area contributed by atoms with E-state index in [0.29, 0.717) is 36.7 Å². The highest BCUT2D eigenvalue weighted by molar-refractivity contribution is 5.82. The van der Waals surface area contributed by atoms with Crippen molar-refractivity contribution in [2.45, 2.75) is 19.4 Å². The molecule has 1 unspecified atom stereocenters. The molecular weight excluding hydrogens is 206 g/mol. The summed E-state index contributed by atoms with van der Waals surface area (Å²) in [6.45, 7) is 2.93. The predicted octanol–water partition coefficient (Wildman–Crippen LogP) is 1.16. The molecule has 0 saturated heterocycles. The summed E-state index contributed by atoms with van der Waals surface area (Å²) in [5, 5.41) is 0. The second-order valence-electron chi connectivity index (χ2n) is 3.97. The lowest BCUT2D eigenvalue weighted by molar-refractivity contribution is 0.111. The lowest BCUT2D eigenvalue weighted by Gasteiger charge is -2.22. The summed E-state index contributed by atoms with van der Waals surface area (Å²) in [6, 6.07) is 3.68. The van der Waals surface area contributed by atoms with Crippen molar-refractivity contribution < 1.29 is 14.3 Å². The summed E-state index contributed by atoms with van der Waals surface area (Å²) >= 11 is 0. The maximum Gasteiger partial charge on any atom is 0.172 e. The second kappa shape index (κ2) is 4.53. The van der Waals surface area contributed by atoms with E-state index in [4.69, 9.17) is 15.2 Å². The number of carbonyl (C=O) groups is 1. The lowest BCUT2D eigenvalue weighted by Crippen LogP contribution is -2.21. The molecule has 0 aromatic heterocycles. The Balaban J connectivity index is 2.43.